The zero-order valence-corrected chi connectivity index (χ0v) is 20.7. The van der Waals surface area contributed by atoms with Gasteiger partial charge in [0.05, 0.1) is 17.5 Å². The third-order valence-electron chi connectivity index (χ3n) is 5.44. The SMILES string of the molecule is CCC(S)C1N(C(=O)c2cccc(C)c2C)CCNC1(N)CCS(C)(=O)=O.Cl.Cl. The Hall–Kier alpha value is -0.510. The van der Waals surface area contributed by atoms with E-state index in [-0.39, 0.29) is 48.1 Å². The largest absolute Gasteiger partial charge is 0.330 e. The number of carbonyl (C=O) groups is 1. The van der Waals surface area contributed by atoms with Crippen LogP contribution in [0.5, 0.6) is 0 Å². The molecule has 0 radical (unpaired) electrons. The van der Waals surface area contributed by atoms with E-state index in [2.05, 4.69) is 5.32 Å². The van der Waals surface area contributed by atoms with E-state index in [4.69, 9.17) is 18.4 Å². The highest BCUT2D eigenvalue weighted by Crippen LogP contribution is 2.29. The van der Waals surface area contributed by atoms with Gasteiger partial charge in [-0.3, -0.25) is 10.1 Å². The van der Waals surface area contributed by atoms with Gasteiger partial charge in [-0.05, 0) is 43.9 Å². The number of amides is 1. The summed E-state index contributed by atoms with van der Waals surface area (Å²) < 4.78 is 23.4. The number of halogens is 2. The summed E-state index contributed by atoms with van der Waals surface area (Å²) in [7, 11) is -3.17. The predicted molar refractivity (Wildman–Crippen MR) is 128 cm³/mol. The highest BCUT2D eigenvalue weighted by molar-refractivity contribution is 7.90. The summed E-state index contributed by atoms with van der Waals surface area (Å²) in [5, 5.41) is 3.10. The minimum Gasteiger partial charge on any atom is -0.330 e. The first-order valence-electron chi connectivity index (χ1n) is 9.27. The molecular weight excluding hydrogens is 453 g/mol. The molecule has 1 amide bonds. The lowest BCUT2D eigenvalue weighted by atomic mass is 9.88. The Kier molecular flexibility index (Phi) is 11.0. The lowest BCUT2D eigenvalue weighted by Gasteiger charge is -2.51. The maximum Gasteiger partial charge on any atom is 0.254 e. The molecule has 3 atom stereocenters. The van der Waals surface area contributed by atoms with E-state index < -0.39 is 21.5 Å². The van der Waals surface area contributed by atoms with Gasteiger partial charge in [0.15, 0.2) is 0 Å². The van der Waals surface area contributed by atoms with Gasteiger partial charge in [-0.2, -0.15) is 12.6 Å². The third-order valence-corrected chi connectivity index (χ3v) is 7.03. The molecule has 1 fully saturated rings. The van der Waals surface area contributed by atoms with Crippen LogP contribution in [0.1, 0.15) is 41.3 Å². The van der Waals surface area contributed by atoms with E-state index in [0.717, 1.165) is 11.1 Å². The number of nitrogens with two attached hydrogens (primary N) is 1. The third kappa shape index (κ3) is 6.74. The normalized spacial score (nSPS) is 23.0. The van der Waals surface area contributed by atoms with Crippen LogP contribution in [0.3, 0.4) is 0 Å². The van der Waals surface area contributed by atoms with E-state index >= 15 is 0 Å². The van der Waals surface area contributed by atoms with Crippen molar-refractivity contribution in [1.82, 2.24) is 10.2 Å². The average Bonchev–Trinajstić information content (AvgIpc) is 2.60. The van der Waals surface area contributed by atoms with E-state index in [0.29, 0.717) is 25.1 Å². The molecule has 1 aromatic rings. The number of hydrogen-bond acceptors (Lipinski definition) is 6. The topological polar surface area (TPSA) is 92.5 Å². The van der Waals surface area contributed by atoms with Gasteiger partial charge in [0.2, 0.25) is 0 Å². The Morgan fingerprint density at radius 1 is 1.38 bits per heavy atom. The van der Waals surface area contributed by atoms with Crippen LogP contribution in [0.25, 0.3) is 0 Å². The van der Waals surface area contributed by atoms with Crippen LogP contribution in [0.15, 0.2) is 18.2 Å². The van der Waals surface area contributed by atoms with Gasteiger partial charge in [0.1, 0.15) is 9.84 Å². The number of nitrogens with zero attached hydrogens (tertiary/aromatic N) is 1. The summed E-state index contributed by atoms with van der Waals surface area (Å²) >= 11 is 4.70. The first kappa shape index (κ1) is 28.5. The molecule has 0 aliphatic carbocycles. The maximum atomic E-state index is 13.4. The summed E-state index contributed by atoms with van der Waals surface area (Å²) in [5.74, 6) is -0.118. The molecule has 0 bridgehead atoms. The Morgan fingerprint density at radius 3 is 2.55 bits per heavy atom. The predicted octanol–water partition coefficient (Wildman–Crippen LogP) is 2.36. The van der Waals surface area contributed by atoms with Crippen molar-refractivity contribution in [1.29, 1.82) is 0 Å². The van der Waals surface area contributed by atoms with Gasteiger partial charge in [-0.15, -0.1) is 24.8 Å². The first-order chi connectivity index (χ1) is 12.5. The fourth-order valence-corrected chi connectivity index (χ4v) is 4.80. The number of piperazine rings is 1. The quantitative estimate of drug-likeness (QED) is 0.537. The van der Waals surface area contributed by atoms with Crippen LogP contribution < -0.4 is 11.1 Å². The van der Waals surface area contributed by atoms with Crippen molar-refractivity contribution in [3.8, 4) is 0 Å². The molecule has 6 nitrogen and oxygen atoms in total. The monoisotopic (exact) mass is 485 g/mol. The van der Waals surface area contributed by atoms with Crippen molar-refractivity contribution in [2.75, 3.05) is 25.1 Å². The minimum atomic E-state index is -3.17. The lowest BCUT2D eigenvalue weighted by molar-refractivity contribution is 0.0355. The van der Waals surface area contributed by atoms with E-state index in [9.17, 15) is 13.2 Å². The van der Waals surface area contributed by atoms with Crippen molar-refractivity contribution in [3.63, 3.8) is 0 Å². The van der Waals surface area contributed by atoms with E-state index in [1.54, 1.807) is 4.90 Å². The van der Waals surface area contributed by atoms with Crippen molar-refractivity contribution >= 4 is 53.2 Å². The molecule has 29 heavy (non-hydrogen) atoms. The van der Waals surface area contributed by atoms with Gasteiger partial charge in [0, 0.05) is 30.2 Å². The minimum absolute atomic E-state index is 0. The fourth-order valence-electron chi connectivity index (χ4n) is 3.66. The second-order valence-corrected chi connectivity index (χ2v) is 10.4. The number of aryl methyl sites for hydroxylation is 1. The molecule has 1 aliphatic rings. The number of hydrogen-bond donors (Lipinski definition) is 3. The second kappa shape index (κ2) is 11.2. The van der Waals surface area contributed by atoms with Crippen molar-refractivity contribution in [2.45, 2.75) is 50.6 Å². The molecule has 1 heterocycles. The molecule has 3 N–H and O–H groups in total. The van der Waals surface area contributed by atoms with Gasteiger partial charge in [-0.25, -0.2) is 8.42 Å². The standard InChI is InChI=1S/C19H31N3O3S2.2ClH/c1-5-16(26)17-19(20,9-12-27(4,24)25)21-10-11-22(17)18(23)15-8-6-7-13(2)14(15)3;;/h6-8,16-17,21,26H,5,9-12,20H2,1-4H3;2*1H. The number of benzene rings is 1. The van der Waals surface area contributed by atoms with Crippen LogP contribution in [0.2, 0.25) is 0 Å². The highest BCUT2D eigenvalue weighted by atomic mass is 35.5. The van der Waals surface area contributed by atoms with Gasteiger partial charge >= 0.3 is 0 Å². The molecule has 10 heteroatoms. The number of carbonyl (C=O) groups excluding carboxylic acids is 1. The van der Waals surface area contributed by atoms with Crippen molar-refractivity contribution in [2.24, 2.45) is 5.73 Å². The first-order valence-corrected chi connectivity index (χ1v) is 11.8. The maximum absolute atomic E-state index is 13.4. The zero-order chi connectivity index (χ0) is 20.4. The van der Waals surface area contributed by atoms with Crippen LogP contribution in [-0.2, 0) is 9.84 Å². The molecule has 1 saturated heterocycles. The highest BCUT2D eigenvalue weighted by Gasteiger charge is 2.46. The molecule has 3 unspecified atom stereocenters. The summed E-state index contributed by atoms with van der Waals surface area (Å²) in [6.45, 7) is 6.93. The number of thiol groups is 1. The summed E-state index contributed by atoms with van der Waals surface area (Å²) in [6.07, 6.45) is 2.14. The zero-order valence-electron chi connectivity index (χ0n) is 17.3. The van der Waals surface area contributed by atoms with Crippen LogP contribution in [0, 0.1) is 13.8 Å². The summed E-state index contributed by atoms with van der Waals surface area (Å²) in [4.78, 5) is 15.2. The molecule has 2 rings (SSSR count). The molecule has 0 aromatic heterocycles. The lowest BCUT2D eigenvalue weighted by Crippen LogP contribution is -2.75. The molecule has 0 spiro atoms. The van der Waals surface area contributed by atoms with Crippen molar-refractivity contribution < 1.29 is 13.2 Å². The Morgan fingerprint density at radius 2 is 2.00 bits per heavy atom. The molecule has 168 valence electrons. The molecule has 0 saturated carbocycles. The van der Waals surface area contributed by atoms with E-state index in [1.807, 2.05) is 39.0 Å². The van der Waals surface area contributed by atoms with Crippen LogP contribution >= 0.6 is 37.4 Å². The summed E-state index contributed by atoms with van der Waals surface area (Å²) in [6, 6.07) is 5.28. The van der Waals surface area contributed by atoms with Crippen LogP contribution in [0.4, 0.5) is 0 Å². The van der Waals surface area contributed by atoms with Crippen LogP contribution in [-0.4, -0.2) is 61.3 Å². The van der Waals surface area contributed by atoms with Gasteiger partial charge < -0.3 is 10.6 Å². The molecular formula is C19H33Cl2N3O3S2. The summed E-state index contributed by atoms with van der Waals surface area (Å²) in [5.41, 5.74) is 8.30. The van der Waals surface area contributed by atoms with Crippen molar-refractivity contribution in [3.05, 3.63) is 34.9 Å². The fraction of sp³-hybridized carbons (Fsp3) is 0.632. The second-order valence-electron chi connectivity index (χ2n) is 7.51. The molecule has 1 aromatic carbocycles. The van der Waals surface area contributed by atoms with Gasteiger partial charge in [0.25, 0.3) is 5.91 Å². The number of nitrogens with one attached hydrogen (secondary N) is 1. The Labute approximate surface area is 192 Å². The number of sulfone groups is 1. The Bertz CT molecular complexity index is 808. The average molecular weight is 487 g/mol. The van der Waals surface area contributed by atoms with Gasteiger partial charge in [-0.1, -0.05) is 19.1 Å². The number of rotatable bonds is 6. The molecule has 1 aliphatic heterocycles. The smallest absolute Gasteiger partial charge is 0.254 e. The Balaban J connectivity index is 0.00000392. The van der Waals surface area contributed by atoms with E-state index in [1.165, 1.54) is 6.26 Å².